The molecule has 3 nitrogen and oxygen atoms in total. The van der Waals surface area contributed by atoms with Crippen molar-refractivity contribution in [3.8, 4) is 5.75 Å². The molecule has 0 aliphatic heterocycles. The lowest BCUT2D eigenvalue weighted by Gasteiger charge is -2.17. The maximum Gasteiger partial charge on any atom is 0.387 e. The number of carbonyl (C=O) groups excluding carboxylic acids is 1. The Morgan fingerprint density at radius 3 is 2.32 bits per heavy atom. The number of benzene rings is 2. The topological polar surface area (TPSA) is 38.3 Å². The zero-order valence-corrected chi connectivity index (χ0v) is 15.4. The van der Waals surface area contributed by atoms with E-state index in [0.717, 1.165) is 16.0 Å². The fourth-order valence-corrected chi connectivity index (χ4v) is 3.60. The highest BCUT2D eigenvalue weighted by Crippen LogP contribution is 2.32. The number of hydrogen-bond acceptors (Lipinski definition) is 3. The number of aryl methyl sites for hydroxylation is 3. The van der Waals surface area contributed by atoms with Crippen LogP contribution in [0.1, 0.15) is 23.6 Å². The Hall–Kier alpha value is -2.08. The summed E-state index contributed by atoms with van der Waals surface area (Å²) in [5.41, 5.74) is 3.64. The number of carbonyl (C=O) groups is 1. The smallest absolute Gasteiger partial charge is 0.387 e. The summed E-state index contributed by atoms with van der Waals surface area (Å²) in [7, 11) is 0. The highest BCUT2D eigenvalue weighted by Gasteiger charge is 2.19. The average molecular weight is 365 g/mol. The van der Waals surface area contributed by atoms with Crippen LogP contribution in [0, 0.1) is 20.8 Å². The first-order chi connectivity index (χ1) is 11.8. The van der Waals surface area contributed by atoms with Crippen LogP contribution in [-0.2, 0) is 4.79 Å². The third-order valence-electron chi connectivity index (χ3n) is 3.63. The predicted molar refractivity (Wildman–Crippen MR) is 97.7 cm³/mol. The number of alkyl halides is 2. The molecule has 0 aliphatic carbocycles. The molecule has 1 amide bonds. The summed E-state index contributed by atoms with van der Waals surface area (Å²) in [5, 5.41) is 2.28. The van der Waals surface area contributed by atoms with E-state index in [4.69, 9.17) is 0 Å². The van der Waals surface area contributed by atoms with Gasteiger partial charge in [0.25, 0.3) is 0 Å². The van der Waals surface area contributed by atoms with Crippen LogP contribution >= 0.6 is 11.8 Å². The number of halogens is 2. The van der Waals surface area contributed by atoms with E-state index < -0.39 is 6.61 Å². The molecule has 25 heavy (non-hydrogen) atoms. The van der Waals surface area contributed by atoms with Gasteiger partial charge in [0.2, 0.25) is 5.91 Å². The lowest BCUT2D eigenvalue weighted by molar-refractivity contribution is -0.115. The summed E-state index contributed by atoms with van der Waals surface area (Å²) in [5.74, 6) is -0.319. The van der Waals surface area contributed by atoms with E-state index in [1.54, 1.807) is 19.1 Å². The SMILES string of the molecule is Cc1cc(C)c(SC(C)C(=O)Nc2ccccc2OC(F)F)c(C)c1. The summed E-state index contributed by atoms with van der Waals surface area (Å²) in [6.07, 6.45) is 0. The van der Waals surface area contributed by atoms with Gasteiger partial charge >= 0.3 is 6.61 Å². The minimum atomic E-state index is -2.94. The summed E-state index contributed by atoms with van der Waals surface area (Å²) in [6, 6.07) is 10.3. The Kier molecular flexibility index (Phi) is 6.42. The molecule has 0 aliphatic rings. The normalized spacial score (nSPS) is 12.1. The van der Waals surface area contributed by atoms with Gasteiger partial charge in [0, 0.05) is 4.90 Å². The van der Waals surface area contributed by atoms with E-state index in [1.165, 1.54) is 29.5 Å². The van der Waals surface area contributed by atoms with E-state index in [-0.39, 0.29) is 22.6 Å². The van der Waals surface area contributed by atoms with Gasteiger partial charge in [-0.3, -0.25) is 4.79 Å². The number of anilines is 1. The number of ether oxygens (including phenoxy) is 1. The maximum absolute atomic E-state index is 12.5. The van der Waals surface area contributed by atoms with Crippen LogP contribution in [0.4, 0.5) is 14.5 Å². The van der Waals surface area contributed by atoms with Gasteiger partial charge in [-0.2, -0.15) is 8.78 Å². The first kappa shape index (κ1) is 19.2. The first-order valence-electron chi connectivity index (χ1n) is 7.87. The Bertz CT molecular complexity index is 742. The second kappa shape index (κ2) is 8.34. The molecule has 0 radical (unpaired) electrons. The first-order valence-corrected chi connectivity index (χ1v) is 8.75. The van der Waals surface area contributed by atoms with Gasteiger partial charge in [0.1, 0.15) is 5.75 Å². The van der Waals surface area contributed by atoms with Gasteiger partial charge in [0.15, 0.2) is 0 Å². The fraction of sp³-hybridized carbons (Fsp3) is 0.316. The van der Waals surface area contributed by atoms with Crippen LogP contribution in [0.3, 0.4) is 0 Å². The number of thioether (sulfide) groups is 1. The Morgan fingerprint density at radius 1 is 1.12 bits per heavy atom. The fourth-order valence-electron chi connectivity index (χ4n) is 2.59. The van der Waals surface area contributed by atoms with Crippen LogP contribution < -0.4 is 10.1 Å². The van der Waals surface area contributed by atoms with E-state index in [0.29, 0.717) is 0 Å². The standard InChI is InChI=1S/C19H21F2NO2S/c1-11-9-12(2)17(13(3)10-11)25-14(4)18(23)22-15-7-5-6-8-16(15)24-19(20)21/h5-10,14,19H,1-4H3,(H,22,23). The average Bonchev–Trinajstić information content (AvgIpc) is 2.52. The van der Waals surface area contributed by atoms with Crippen molar-refractivity contribution < 1.29 is 18.3 Å². The van der Waals surface area contributed by atoms with Crippen LogP contribution in [0.2, 0.25) is 0 Å². The van der Waals surface area contributed by atoms with Crippen molar-refractivity contribution in [2.45, 2.75) is 44.5 Å². The molecule has 0 aromatic heterocycles. The molecule has 2 aromatic carbocycles. The van der Waals surface area contributed by atoms with Crippen molar-refractivity contribution in [2.24, 2.45) is 0 Å². The van der Waals surface area contributed by atoms with Gasteiger partial charge < -0.3 is 10.1 Å². The molecule has 0 saturated carbocycles. The maximum atomic E-state index is 12.5. The monoisotopic (exact) mass is 365 g/mol. The number of nitrogens with one attached hydrogen (secondary N) is 1. The molecular weight excluding hydrogens is 344 g/mol. The van der Waals surface area contributed by atoms with Crippen LogP contribution in [0.25, 0.3) is 0 Å². The van der Waals surface area contributed by atoms with E-state index >= 15 is 0 Å². The highest BCUT2D eigenvalue weighted by atomic mass is 32.2. The van der Waals surface area contributed by atoms with Crippen molar-refractivity contribution in [3.05, 3.63) is 53.1 Å². The summed E-state index contributed by atoms with van der Waals surface area (Å²) in [6.45, 7) is 4.90. The molecule has 2 rings (SSSR count). The predicted octanol–water partition coefficient (Wildman–Crippen LogP) is 5.33. The van der Waals surface area contributed by atoms with Gasteiger partial charge in [0.05, 0.1) is 10.9 Å². The third kappa shape index (κ3) is 5.19. The van der Waals surface area contributed by atoms with Crippen molar-refractivity contribution in [3.63, 3.8) is 0 Å². The Balaban J connectivity index is 2.12. The Morgan fingerprint density at radius 2 is 1.72 bits per heavy atom. The summed E-state index contributed by atoms with van der Waals surface area (Å²) < 4.78 is 29.4. The lowest BCUT2D eigenvalue weighted by atomic mass is 10.1. The largest absolute Gasteiger partial charge is 0.433 e. The second-order valence-corrected chi connectivity index (χ2v) is 7.20. The van der Waals surface area contributed by atoms with Crippen molar-refractivity contribution in [2.75, 3.05) is 5.32 Å². The van der Waals surface area contributed by atoms with Gasteiger partial charge in [-0.25, -0.2) is 0 Å². The molecule has 0 bridgehead atoms. The quantitative estimate of drug-likeness (QED) is 0.703. The molecule has 0 saturated heterocycles. The molecule has 134 valence electrons. The van der Waals surface area contributed by atoms with Crippen molar-refractivity contribution in [1.29, 1.82) is 0 Å². The van der Waals surface area contributed by atoms with Gasteiger partial charge in [-0.05, 0) is 51.0 Å². The zero-order chi connectivity index (χ0) is 18.6. The number of para-hydroxylation sites is 2. The zero-order valence-electron chi connectivity index (χ0n) is 14.6. The lowest BCUT2D eigenvalue weighted by Crippen LogP contribution is -2.23. The number of hydrogen-bond donors (Lipinski definition) is 1. The van der Waals surface area contributed by atoms with E-state index in [1.807, 2.05) is 20.8 Å². The van der Waals surface area contributed by atoms with Gasteiger partial charge in [-0.1, -0.05) is 29.8 Å². The molecular formula is C19H21F2NO2S. The summed E-state index contributed by atoms with van der Waals surface area (Å²) in [4.78, 5) is 13.5. The second-order valence-electron chi connectivity index (χ2n) is 5.85. The molecule has 1 unspecified atom stereocenters. The van der Waals surface area contributed by atoms with Crippen LogP contribution in [-0.4, -0.2) is 17.8 Å². The molecule has 0 fully saturated rings. The van der Waals surface area contributed by atoms with Crippen LogP contribution in [0.5, 0.6) is 5.75 Å². The summed E-state index contributed by atoms with van der Waals surface area (Å²) >= 11 is 1.45. The number of amides is 1. The Labute approximate surface area is 150 Å². The molecule has 1 atom stereocenters. The highest BCUT2D eigenvalue weighted by molar-refractivity contribution is 8.00. The van der Waals surface area contributed by atoms with Crippen molar-refractivity contribution in [1.82, 2.24) is 0 Å². The van der Waals surface area contributed by atoms with Gasteiger partial charge in [-0.15, -0.1) is 11.8 Å². The third-order valence-corrected chi connectivity index (χ3v) is 5.08. The minimum Gasteiger partial charge on any atom is -0.433 e. The molecule has 6 heteroatoms. The number of rotatable bonds is 6. The van der Waals surface area contributed by atoms with E-state index in [2.05, 4.69) is 22.2 Å². The molecule has 2 aromatic rings. The molecule has 0 heterocycles. The molecule has 0 spiro atoms. The van der Waals surface area contributed by atoms with E-state index in [9.17, 15) is 13.6 Å². The molecule has 1 N–H and O–H groups in total. The minimum absolute atomic E-state index is 0.0502. The van der Waals surface area contributed by atoms with Crippen molar-refractivity contribution >= 4 is 23.4 Å². The van der Waals surface area contributed by atoms with Crippen LogP contribution in [0.15, 0.2) is 41.3 Å².